The molecule has 9 heteroatoms. The van der Waals surface area contributed by atoms with Crippen molar-refractivity contribution in [2.24, 2.45) is 11.1 Å². The summed E-state index contributed by atoms with van der Waals surface area (Å²) in [6.45, 7) is 2.55. The minimum atomic E-state index is -1.53. The number of aromatic carboxylic acids is 1. The molecule has 0 amide bonds. The number of carboxylic acid groups (broad SMARTS) is 1. The van der Waals surface area contributed by atoms with Crippen molar-refractivity contribution in [3.63, 3.8) is 0 Å². The molecule has 166 valence electrons. The summed E-state index contributed by atoms with van der Waals surface area (Å²) in [6.07, 6.45) is 2.68. The number of carbonyl (C=O) groups is 1. The highest BCUT2D eigenvalue weighted by Crippen LogP contribution is 2.52. The molecule has 1 aliphatic heterocycles. The molecule has 1 spiro atoms. The summed E-state index contributed by atoms with van der Waals surface area (Å²) >= 11 is 0. The van der Waals surface area contributed by atoms with E-state index in [1.165, 1.54) is 17.6 Å². The van der Waals surface area contributed by atoms with Crippen LogP contribution >= 0.6 is 0 Å². The van der Waals surface area contributed by atoms with Gasteiger partial charge in [-0.3, -0.25) is 4.79 Å². The third-order valence-electron chi connectivity index (χ3n) is 6.83. The van der Waals surface area contributed by atoms with Crippen LogP contribution in [0.15, 0.2) is 35.3 Å². The number of aryl methyl sites for hydroxylation is 1. The third kappa shape index (κ3) is 2.91. The molecule has 0 bridgehead atoms. The number of carboxylic acids is 1. The Morgan fingerprint density at radius 1 is 1.22 bits per heavy atom. The molecular formula is C23H20F3N3O3. The summed E-state index contributed by atoms with van der Waals surface area (Å²) in [7, 11) is 0. The van der Waals surface area contributed by atoms with E-state index in [-0.39, 0.29) is 39.3 Å². The van der Waals surface area contributed by atoms with Crippen molar-refractivity contribution in [1.29, 1.82) is 0 Å². The number of halogens is 3. The molecule has 2 aliphatic rings. The first-order valence-corrected chi connectivity index (χ1v) is 10.2. The van der Waals surface area contributed by atoms with E-state index in [0.717, 1.165) is 31.2 Å². The SMILES string of the molecule is Cc1c(F)c(N2CCC3(CC3N)C2)cc2c1c(=O)c(C(=O)O)cn2-c1ccc(F)cc1F. The van der Waals surface area contributed by atoms with Crippen LogP contribution in [0.2, 0.25) is 0 Å². The fraction of sp³-hybridized carbons (Fsp3) is 0.304. The topological polar surface area (TPSA) is 88.6 Å². The molecule has 1 aliphatic carbocycles. The standard InChI is InChI=1S/C23H20F3N3O3/c1-11-19-16(7-17(20(11)26)28-5-4-23(10-28)8-18(23)27)29(9-13(21(19)30)22(31)32)15-3-2-12(24)6-14(15)25/h2-3,6-7,9,18H,4-5,8,10,27H2,1H3,(H,31,32). The maximum Gasteiger partial charge on any atom is 0.341 e. The lowest BCUT2D eigenvalue weighted by Gasteiger charge is -2.23. The van der Waals surface area contributed by atoms with Gasteiger partial charge in [-0.25, -0.2) is 18.0 Å². The zero-order valence-electron chi connectivity index (χ0n) is 17.2. The van der Waals surface area contributed by atoms with Crippen LogP contribution in [0.5, 0.6) is 0 Å². The third-order valence-corrected chi connectivity index (χ3v) is 6.83. The average molecular weight is 443 g/mol. The number of benzene rings is 2. The fourth-order valence-corrected chi connectivity index (χ4v) is 4.84. The van der Waals surface area contributed by atoms with Crippen LogP contribution in [0.25, 0.3) is 16.6 Å². The van der Waals surface area contributed by atoms with Gasteiger partial charge in [0, 0.05) is 42.4 Å². The largest absolute Gasteiger partial charge is 0.477 e. The van der Waals surface area contributed by atoms with Crippen LogP contribution in [0, 0.1) is 29.8 Å². The quantitative estimate of drug-likeness (QED) is 0.648. The molecule has 32 heavy (non-hydrogen) atoms. The molecule has 1 aromatic heterocycles. The van der Waals surface area contributed by atoms with E-state index in [2.05, 4.69) is 0 Å². The highest BCUT2D eigenvalue weighted by Gasteiger charge is 2.55. The fourth-order valence-electron chi connectivity index (χ4n) is 4.84. The molecule has 2 fully saturated rings. The number of pyridine rings is 1. The van der Waals surface area contributed by atoms with E-state index in [0.29, 0.717) is 19.2 Å². The summed E-state index contributed by atoms with van der Waals surface area (Å²) in [4.78, 5) is 26.5. The van der Waals surface area contributed by atoms with Gasteiger partial charge in [-0.2, -0.15) is 0 Å². The maximum absolute atomic E-state index is 15.4. The molecule has 2 unspecified atom stereocenters. The first-order chi connectivity index (χ1) is 15.1. The summed E-state index contributed by atoms with van der Waals surface area (Å²) < 4.78 is 44.7. The molecule has 3 N–H and O–H groups in total. The summed E-state index contributed by atoms with van der Waals surface area (Å²) in [5.74, 6) is -3.91. The van der Waals surface area contributed by atoms with E-state index in [1.807, 2.05) is 4.90 Å². The minimum absolute atomic E-state index is 0.0251. The molecule has 0 radical (unpaired) electrons. The second-order valence-electron chi connectivity index (χ2n) is 8.72. The Morgan fingerprint density at radius 3 is 2.53 bits per heavy atom. The number of rotatable bonds is 3. The Bertz CT molecular complexity index is 1370. The van der Waals surface area contributed by atoms with Crippen LogP contribution in [0.4, 0.5) is 18.9 Å². The minimum Gasteiger partial charge on any atom is -0.477 e. The number of nitrogens with two attached hydrogens (primary N) is 1. The number of nitrogens with zero attached hydrogens (tertiary/aromatic N) is 2. The molecule has 5 rings (SSSR count). The van der Waals surface area contributed by atoms with E-state index in [1.54, 1.807) is 0 Å². The highest BCUT2D eigenvalue weighted by molar-refractivity contribution is 5.95. The van der Waals surface area contributed by atoms with Crippen LogP contribution in [0.3, 0.4) is 0 Å². The number of hydrogen-bond donors (Lipinski definition) is 2. The van der Waals surface area contributed by atoms with Gasteiger partial charge in [-0.05, 0) is 38.0 Å². The molecule has 1 saturated carbocycles. The molecule has 6 nitrogen and oxygen atoms in total. The number of hydrogen-bond acceptors (Lipinski definition) is 4. The lowest BCUT2D eigenvalue weighted by molar-refractivity contribution is 0.0695. The van der Waals surface area contributed by atoms with Crippen LogP contribution < -0.4 is 16.1 Å². The number of fused-ring (bicyclic) bond motifs is 1. The Labute approximate surface area is 180 Å². The van der Waals surface area contributed by atoms with E-state index in [4.69, 9.17) is 5.73 Å². The smallest absolute Gasteiger partial charge is 0.341 e. The summed E-state index contributed by atoms with van der Waals surface area (Å²) in [5, 5.41) is 9.35. The first-order valence-electron chi connectivity index (χ1n) is 10.2. The second-order valence-corrected chi connectivity index (χ2v) is 8.72. The number of anilines is 1. The highest BCUT2D eigenvalue weighted by atomic mass is 19.1. The van der Waals surface area contributed by atoms with Crippen molar-refractivity contribution in [3.8, 4) is 5.69 Å². The Hall–Kier alpha value is -3.33. The van der Waals surface area contributed by atoms with Crippen molar-refractivity contribution >= 4 is 22.6 Å². The average Bonchev–Trinajstić information content (AvgIpc) is 3.15. The van der Waals surface area contributed by atoms with Crippen molar-refractivity contribution in [3.05, 3.63) is 69.3 Å². The zero-order valence-corrected chi connectivity index (χ0v) is 17.2. The molecule has 2 aromatic carbocycles. The van der Waals surface area contributed by atoms with E-state index >= 15 is 4.39 Å². The molecule has 1 saturated heterocycles. The number of aromatic nitrogens is 1. The van der Waals surface area contributed by atoms with Gasteiger partial charge < -0.3 is 20.3 Å². The van der Waals surface area contributed by atoms with Gasteiger partial charge in [-0.15, -0.1) is 0 Å². The van der Waals surface area contributed by atoms with Gasteiger partial charge in [0.25, 0.3) is 0 Å². The molecule has 3 aromatic rings. The van der Waals surface area contributed by atoms with Gasteiger partial charge in [0.2, 0.25) is 5.43 Å². The predicted molar refractivity (Wildman–Crippen MR) is 113 cm³/mol. The first kappa shape index (κ1) is 20.6. The van der Waals surface area contributed by atoms with Gasteiger partial charge >= 0.3 is 5.97 Å². The van der Waals surface area contributed by atoms with Gasteiger partial charge in [0.05, 0.1) is 22.3 Å². The lowest BCUT2D eigenvalue weighted by atomic mass is 10.0. The molecule has 2 atom stereocenters. The summed E-state index contributed by atoms with van der Waals surface area (Å²) in [5.41, 5.74) is 4.72. The van der Waals surface area contributed by atoms with Gasteiger partial charge in [0.15, 0.2) is 0 Å². The zero-order chi connectivity index (χ0) is 22.9. The monoisotopic (exact) mass is 443 g/mol. The van der Waals surface area contributed by atoms with Crippen molar-refractivity contribution in [2.75, 3.05) is 18.0 Å². The maximum atomic E-state index is 15.4. The Balaban J connectivity index is 1.80. The lowest BCUT2D eigenvalue weighted by Crippen LogP contribution is -2.25. The second kappa shape index (κ2) is 6.83. The molecular weight excluding hydrogens is 423 g/mol. The van der Waals surface area contributed by atoms with Gasteiger partial charge in [-0.1, -0.05) is 0 Å². The van der Waals surface area contributed by atoms with Crippen molar-refractivity contribution in [1.82, 2.24) is 4.57 Å². The van der Waals surface area contributed by atoms with Crippen LogP contribution in [-0.4, -0.2) is 34.8 Å². The Kier molecular flexibility index (Phi) is 4.39. The van der Waals surface area contributed by atoms with Crippen LogP contribution in [-0.2, 0) is 0 Å². The van der Waals surface area contributed by atoms with Gasteiger partial charge in [0.1, 0.15) is 23.0 Å². The predicted octanol–water partition coefficient (Wildman–Crippen LogP) is 3.34. The Morgan fingerprint density at radius 2 is 1.94 bits per heavy atom. The summed E-state index contributed by atoms with van der Waals surface area (Å²) in [6, 6.07) is 4.34. The molecule has 2 heterocycles. The van der Waals surface area contributed by atoms with Crippen molar-refractivity contribution in [2.45, 2.75) is 25.8 Å². The van der Waals surface area contributed by atoms with Crippen LogP contribution in [0.1, 0.15) is 28.8 Å². The van der Waals surface area contributed by atoms with E-state index < -0.39 is 34.4 Å². The normalized spacial score (nSPS) is 22.2. The van der Waals surface area contributed by atoms with Crippen molar-refractivity contribution < 1.29 is 23.1 Å². The van der Waals surface area contributed by atoms with E-state index in [9.17, 15) is 23.5 Å².